The van der Waals surface area contributed by atoms with Crippen LogP contribution in [-0.2, 0) is 0 Å². The van der Waals surface area contributed by atoms with Gasteiger partial charge >= 0.3 is 6.03 Å². The van der Waals surface area contributed by atoms with Crippen LogP contribution in [0, 0.1) is 18.8 Å². The topological polar surface area (TPSA) is 71.5 Å². The second-order valence-electron chi connectivity index (χ2n) is 6.58. The molecule has 1 N–H and O–H groups in total. The zero-order chi connectivity index (χ0) is 15.8. The van der Waals surface area contributed by atoms with E-state index >= 15 is 0 Å². The van der Waals surface area contributed by atoms with Crippen LogP contribution in [-0.4, -0.2) is 29.2 Å². The molecule has 6 nitrogen and oxygen atoms in total. The summed E-state index contributed by atoms with van der Waals surface area (Å²) in [7, 11) is 0. The first-order valence-electron chi connectivity index (χ1n) is 8.28. The van der Waals surface area contributed by atoms with Gasteiger partial charge in [-0.3, -0.25) is 5.32 Å². The maximum Gasteiger partial charge on any atom is 0.323 e. The largest absolute Gasteiger partial charge is 0.469 e. The molecule has 4 rings (SSSR count). The first kappa shape index (κ1) is 14.4. The molecule has 2 amide bonds. The Hall–Kier alpha value is -2.24. The average molecular weight is 315 g/mol. The molecule has 6 heteroatoms. The van der Waals surface area contributed by atoms with E-state index in [9.17, 15) is 4.79 Å². The number of likely N-dealkylation sites (tertiary alicyclic amines) is 1. The van der Waals surface area contributed by atoms with Gasteiger partial charge in [0.05, 0.1) is 11.8 Å². The molecule has 122 valence electrons. The van der Waals surface area contributed by atoms with Crippen molar-refractivity contribution in [3.8, 4) is 11.3 Å². The molecular weight excluding hydrogens is 294 g/mol. The van der Waals surface area contributed by atoms with E-state index in [1.807, 2.05) is 17.9 Å². The summed E-state index contributed by atoms with van der Waals surface area (Å²) in [6.45, 7) is 3.55. The number of rotatable bonds is 3. The zero-order valence-electron chi connectivity index (χ0n) is 13.2. The van der Waals surface area contributed by atoms with Gasteiger partial charge in [0.25, 0.3) is 0 Å². The maximum absolute atomic E-state index is 12.4. The quantitative estimate of drug-likeness (QED) is 0.932. The number of anilines is 1. The molecular formula is C17H21N3O3. The van der Waals surface area contributed by atoms with Crippen molar-refractivity contribution in [2.45, 2.75) is 32.6 Å². The molecule has 0 aromatic carbocycles. The zero-order valence-corrected chi connectivity index (χ0v) is 13.2. The molecule has 0 spiro atoms. The SMILES string of the molecule is Cc1occc1-c1cc(NC(=O)N2CCCC(C3CC3)C2)no1. The summed E-state index contributed by atoms with van der Waals surface area (Å²) in [6.07, 6.45) is 6.61. The smallest absolute Gasteiger partial charge is 0.323 e. The molecule has 2 aliphatic rings. The minimum atomic E-state index is -0.0842. The van der Waals surface area contributed by atoms with Crippen LogP contribution >= 0.6 is 0 Å². The van der Waals surface area contributed by atoms with E-state index in [0.717, 1.165) is 36.8 Å². The minimum Gasteiger partial charge on any atom is -0.469 e. The Kier molecular flexibility index (Phi) is 3.59. The molecule has 1 aliphatic heterocycles. The maximum atomic E-state index is 12.4. The van der Waals surface area contributed by atoms with E-state index in [-0.39, 0.29) is 6.03 Å². The number of hydrogen-bond acceptors (Lipinski definition) is 4. The number of nitrogens with zero attached hydrogens (tertiary/aromatic N) is 2. The van der Waals surface area contributed by atoms with Crippen LogP contribution in [0.5, 0.6) is 0 Å². The molecule has 23 heavy (non-hydrogen) atoms. The van der Waals surface area contributed by atoms with Crippen LogP contribution in [0.1, 0.15) is 31.4 Å². The Morgan fingerprint density at radius 2 is 2.22 bits per heavy atom. The summed E-state index contributed by atoms with van der Waals surface area (Å²) in [6, 6.07) is 3.48. The second-order valence-corrected chi connectivity index (χ2v) is 6.58. The highest BCUT2D eigenvalue weighted by Gasteiger charge is 2.35. The van der Waals surface area contributed by atoms with Gasteiger partial charge in [-0.15, -0.1) is 0 Å². The average Bonchev–Trinajstić information content (AvgIpc) is 3.18. The van der Waals surface area contributed by atoms with Crippen molar-refractivity contribution in [1.29, 1.82) is 0 Å². The summed E-state index contributed by atoms with van der Waals surface area (Å²) in [5.41, 5.74) is 0.852. The highest BCUT2D eigenvalue weighted by molar-refractivity contribution is 5.88. The molecule has 2 aromatic rings. The highest BCUT2D eigenvalue weighted by Crippen LogP contribution is 2.41. The third kappa shape index (κ3) is 2.98. The monoisotopic (exact) mass is 315 g/mol. The first-order chi connectivity index (χ1) is 11.2. The van der Waals surface area contributed by atoms with Crippen LogP contribution < -0.4 is 5.32 Å². The van der Waals surface area contributed by atoms with Crippen molar-refractivity contribution in [2.75, 3.05) is 18.4 Å². The number of nitrogens with one attached hydrogen (secondary N) is 1. The lowest BCUT2D eigenvalue weighted by atomic mass is 9.94. The van der Waals surface area contributed by atoms with E-state index in [1.165, 1.54) is 19.3 Å². The van der Waals surface area contributed by atoms with Crippen LogP contribution in [0.25, 0.3) is 11.3 Å². The summed E-state index contributed by atoms with van der Waals surface area (Å²) >= 11 is 0. The van der Waals surface area contributed by atoms with Gasteiger partial charge in [0.1, 0.15) is 5.76 Å². The van der Waals surface area contributed by atoms with Crippen molar-refractivity contribution in [3.63, 3.8) is 0 Å². The van der Waals surface area contributed by atoms with Crippen LogP contribution in [0.2, 0.25) is 0 Å². The Bertz CT molecular complexity index is 702. The molecule has 2 aromatic heterocycles. The molecule has 0 bridgehead atoms. The van der Waals surface area contributed by atoms with Crippen molar-refractivity contribution in [2.24, 2.45) is 11.8 Å². The van der Waals surface area contributed by atoms with Crippen LogP contribution in [0.15, 0.2) is 27.3 Å². The van der Waals surface area contributed by atoms with Crippen molar-refractivity contribution < 1.29 is 13.7 Å². The lowest BCUT2D eigenvalue weighted by Gasteiger charge is -2.32. The molecule has 1 saturated heterocycles. The Morgan fingerprint density at radius 3 is 2.96 bits per heavy atom. The normalized spacial score (nSPS) is 21.4. The summed E-state index contributed by atoms with van der Waals surface area (Å²) in [4.78, 5) is 14.3. The Labute approximate surface area is 134 Å². The van der Waals surface area contributed by atoms with E-state index in [2.05, 4.69) is 10.5 Å². The molecule has 3 heterocycles. The fourth-order valence-electron chi connectivity index (χ4n) is 3.44. The van der Waals surface area contributed by atoms with Gasteiger partial charge in [-0.05, 0) is 50.5 Å². The highest BCUT2D eigenvalue weighted by atomic mass is 16.5. The van der Waals surface area contributed by atoms with E-state index in [4.69, 9.17) is 8.94 Å². The van der Waals surface area contributed by atoms with Gasteiger partial charge in [-0.1, -0.05) is 5.16 Å². The summed E-state index contributed by atoms with van der Waals surface area (Å²) < 4.78 is 10.6. The van der Waals surface area contributed by atoms with E-state index in [1.54, 1.807) is 12.3 Å². The summed E-state index contributed by atoms with van der Waals surface area (Å²) in [5.74, 6) is 3.33. The van der Waals surface area contributed by atoms with Crippen molar-refractivity contribution in [1.82, 2.24) is 10.1 Å². The fraction of sp³-hybridized carbons (Fsp3) is 0.529. The van der Waals surface area contributed by atoms with Gasteiger partial charge in [0.15, 0.2) is 11.6 Å². The molecule has 1 saturated carbocycles. The van der Waals surface area contributed by atoms with Gasteiger partial charge < -0.3 is 13.8 Å². The van der Waals surface area contributed by atoms with Crippen LogP contribution in [0.4, 0.5) is 10.6 Å². The molecule has 1 unspecified atom stereocenters. The predicted molar refractivity (Wildman–Crippen MR) is 85.0 cm³/mol. The lowest BCUT2D eigenvalue weighted by molar-refractivity contribution is 0.169. The van der Waals surface area contributed by atoms with Gasteiger partial charge in [0, 0.05) is 19.2 Å². The van der Waals surface area contributed by atoms with Gasteiger partial charge in [-0.2, -0.15) is 0 Å². The number of carbonyl (C=O) groups excluding carboxylic acids is 1. The first-order valence-corrected chi connectivity index (χ1v) is 8.28. The van der Waals surface area contributed by atoms with Gasteiger partial charge in [0.2, 0.25) is 0 Å². The standard InChI is InChI=1S/C17H21N3O3/c1-11-14(6-8-22-11)15-9-16(19-23-15)18-17(21)20-7-2-3-13(10-20)12-4-5-12/h6,8-9,12-13H,2-5,7,10H2,1H3,(H,18,19,21). The number of carbonyl (C=O) groups is 1. The van der Waals surface area contributed by atoms with E-state index < -0.39 is 0 Å². The summed E-state index contributed by atoms with van der Waals surface area (Å²) in [5, 5.41) is 6.78. The third-order valence-electron chi connectivity index (χ3n) is 4.90. The number of urea groups is 1. The number of aromatic nitrogens is 1. The predicted octanol–water partition coefficient (Wildman–Crippen LogP) is 3.90. The molecule has 1 aliphatic carbocycles. The van der Waals surface area contributed by atoms with Crippen molar-refractivity contribution >= 4 is 11.8 Å². The number of amides is 2. The third-order valence-corrected chi connectivity index (χ3v) is 4.90. The second kappa shape index (κ2) is 5.76. The molecule has 1 atom stereocenters. The Balaban J connectivity index is 1.40. The molecule has 0 radical (unpaired) electrons. The number of hydrogen-bond donors (Lipinski definition) is 1. The minimum absolute atomic E-state index is 0.0842. The number of piperidine rings is 1. The fourth-order valence-corrected chi connectivity index (χ4v) is 3.44. The van der Waals surface area contributed by atoms with Crippen LogP contribution in [0.3, 0.4) is 0 Å². The van der Waals surface area contributed by atoms with Crippen molar-refractivity contribution in [3.05, 3.63) is 24.2 Å². The van der Waals surface area contributed by atoms with Gasteiger partial charge in [-0.25, -0.2) is 4.79 Å². The number of furan rings is 1. The van der Waals surface area contributed by atoms with E-state index in [0.29, 0.717) is 17.5 Å². The number of aryl methyl sites for hydroxylation is 1. The molecule has 2 fully saturated rings. The lowest BCUT2D eigenvalue weighted by Crippen LogP contribution is -2.42. The Morgan fingerprint density at radius 1 is 1.35 bits per heavy atom.